The third kappa shape index (κ3) is 2.51. The second-order valence-corrected chi connectivity index (χ2v) is 4.35. The molecule has 0 aliphatic carbocycles. The zero-order chi connectivity index (χ0) is 14.7. The Hall–Kier alpha value is -1.95. The number of hydrogen-bond acceptors (Lipinski definition) is 3. The summed E-state index contributed by atoms with van der Waals surface area (Å²) < 4.78 is 34.8. The van der Waals surface area contributed by atoms with E-state index in [9.17, 15) is 8.78 Å². The lowest BCUT2D eigenvalue weighted by molar-refractivity contribution is 0.397. The van der Waals surface area contributed by atoms with Gasteiger partial charge in [-0.3, -0.25) is 4.68 Å². The van der Waals surface area contributed by atoms with Crippen molar-refractivity contribution >= 4 is 0 Å². The van der Waals surface area contributed by atoms with Crippen LogP contribution in [0.15, 0.2) is 24.4 Å². The molecule has 0 bridgehead atoms. The fourth-order valence-electron chi connectivity index (χ4n) is 2.24. The monoisotopic (exact) mass is 281 g/mol. The van der Waals surface area contributed by atoms with Gasteiger partial charge in [0.1, 0.15) is 17.3 Å². The van der Waals surface area contributed by atoms with Crippen LogP contribution >= 0.6 is 0 Å². The molecule has 2 aromatic rings. The van der Waals surface area contributed by atoms with E-state index in [0.29, 0.717) is 18.0 Å². The second kappa shape index (κ2) is 6.00. The minimum Gasteiger partial charge on any atom is -0.493 e. The van der Waals surface area contributed by atoms with Crippen molar-refractivity contribution in [3.63, 3.8) is 0 Å². The summed E-state index contributed by atoms with van der Waals surface area (Å²) in [6.45, 7) is 2.42. The Bertz CT molecular complexity index is 578. The first kappa shape index (κ1) is 14.5. The second-order valence-electron chi connectivity index (χ2n) is 4.35. The molecule has 0 radical (unpaired) electrons. The number of aryl methyl sites for hydroxylation is 1. The first-order chi connectivity index (χ1) is 9.60. The van der Waals surface area contributed by atoms with E-state index >= 15 is 0 Å². The molecule has 1 unspecified atom stereocenters. The summed E-state index contributed by atoms with van der Waals surface area (Å²) in [5.74, 6) is -0.709. The summed E-state index contributed by atoms with van der Waals surface area (Å²) in [7, 11) is 3.21. The Balaban J connectivity index is 2.59. The molecule has 1 heterocycles. The van der Waals surface area contributed by atoms with Crippen LogP contribution in [0.3, 0.4) is 0 Å². The van der Waals surface area contributed by atoms with E-state index in [0.717, 1.165) is 0 Å². The highest BCUT2D eigenvalue weighted by atomic mass is 19.1. The molecular weight excluding hydrogens is 264 g/mol. The van der Waals surface area contributed by atoms with Crippen molar-refractivity contribution in [1.29, 1.82) is 0 Å². The van der Waals surface area contributed by atoms with Crippen LogP contribution in [-0.2, 0) is 7.05 Å². The molecule has 2 rings (SSSR count). The number of methoxy groups -OCH3 is 1. The summed E-state index contributed by atoms with van der Waals surface area (Å²) >= 11 is 0. The molecule has 0 saturated carbocycles. The van der Waals surface area contributed by atoms with E-state index in [1.165, 1.54) is 31.5 Å². The van der Waals surface area contributed by atoms with Gasteiger partial charge in [-0.25, -0.2) is 8.78 Å². The van der Waals surface area contributed by atoms with Gasteiger partial charge in [0.2, 0.25) is 0 Å². The standard InChI is InChI=1S/C14H17F2N3O/c1-4-17-13(12-9(15)6-5-7-10(12)16)14-11(20-3)8-18-19(14)2/h5-8,13,17H,4H2,1-3H3. The van der Waals surface area contributed by atoms with Gasteiger partial charge in [-0.1, -0.05) is 13.0 Å². The zero-order valence-corrected chi connectivity index (χ0v) is 11.7. The molecule has 1 atom stereocenters. The molecule has 1 N–H and O–H groups in total. The molecule has 0 saturated heterocycles. The van der Waals surface area contributed by atoms with E-state index in [2.05, 4.69) is 10.4 Å². The predicted molar refractivity (Wildman–Crippen MR) is 71.6 cm³/mol. The van der Waals surface area contributed by atoms with Crippen LogP contribution in [0.1, 0.15) is 24.2 Å². The topological polar surface area (TPSA) is 39.1 Å². The number of aromatic nitrogens is 2. The van der Waals surface area contributed by atoms with Crippen LogP contribution in [0.2, 0.25) is 0 Å². The fourth-order valence-corrected chi connectivity index (χ4v) is 2.24. The van der Waals surface area contributed by atoms with Crippen LogP contribution in [-0.4, -0.2) is 23.4 Å². The van der Waals surface area contributed by atoms with Crippen molar-refractivity contribution in [3.8, 4) is 5.75 Å². The van der Waals surface area contributed by atoms with Crippen molar-refractivity contribution < 1.29 is 13.5 Å². The van der Waals surface area contributed by atoms with Gasteiger partial charge in [0.15, 0.2) is 5.75 Å². The number of nitrogens with one attached hydrogen (secondary N) is 1. The Labute approximate surface area is 116 Å². The molecule has 0 fully saturated rings. The molecule has 0 spiro atoms. The minimum absolute atomic E-state index is 0.0312. The molecule has 6 heteroatoms. The van der Waals surface area contributed by atoms with Crippen LogP contribution in [0.4, 0.5) is 8.78 Å². The first-order valence-electron chi connectivity index (χ1n) is 6.33. The molecule has 4 nitrogen and oxygen atoms in total. The molecule has 20 heavy (non-hydrogen) atoms. The van der Waals surface area contributed by atoms with E-state index in [-0.39, 0.29) is 5.56 Å². The molecule has 1 aromatic heterocycles. The van der Waals surface area contributed by atoms with Gasteiger partial charge in [0, 0.05) is 12.6 Å². The Morgan fingerprint density at radius 2 is 2.00 bits per heavy atom. The summed E-state index contributed by atoms with van der Waals surface area (Å²) in [5.41, 5.74) is 0.551. The van der Waals surface area contributed by atoms with Crippen LogP contribution in [0, 0.1) is 11.6 Å². The third-order valence-corrected chi connectivity index (χ3v) is 3.14. The van der Waals surface area contributed by atoms with Crippen molar-refractivity contribution in [2.24, 2.45) is 7.05 Å². The third-order valence-electron chi connectivity index (χ3n) is 3.14. The van der Waals surface area contributed by atoms with E-state index < -0.39 is 17.7 Å². The van der Waals surface area contributed by atoms with Crippen molar-refractivity contribution in [3.05, 3.63) is 47.3 Å². The van der Waals surface area contributed by atoms with Gasteiger partial charge in [-0.15, -0.1) is 0 Å². The zero-order valence-electron chi connectivity index (χ0n) is 11.7. The van der Waals surface area contributed by atoms with E-state index in [1.54, 1.807) is 11.7 Å². The first-order valence-corrected chi connectivity index (χ1v) is 6.33. The molecule has 0 aliphatic rings. The highest BCUT2D eigenvalue weighted by Crippen LogP contribution is 2.32. The van der Waals surface area contributed by atoms with Crippen LogP contribution in [0.25, 0.3) is 0 Å². The van der Waals surface area contributed by atoms with Gasteiger partial charge < -0.3 is 10.1 Å². The molecular formula is C14H17F2N3O. The van der Waals surface area contributed by atoms with Crippen LogP contribution in [0.5, 0.6) is 5.75 Å². The highest BCUT2D eigenvalue weighted by molar-refractivity contribution is 5.37. The van der Waals surface area contributed by atoms with Gasteiger partial charge in [0.05, 0.1) is 19.3 Å². The molecule has 0 aliphatic heterocycles. The highest BCUT2D eigenvalue weighted by Gasteiger charge is 2.27. The number of ether oxygens (including phenoxy) is 1. The predicted octanol–water partition coefficient (Wildman–Crippen LogP) is 2.41. The van der Waals surface area contributed by atoms with Crippen molar-refractivity contribution in [2.45, 2.75) is 13.0 Å². The number of hydrogen-bond donors (Lipinski definition) is 1. The van der Waals surface area contributed by atoms with E-state index in [4.69, 9.17) is 4.74 Å². The number of nitrogens with zero attached hydrogens (tertiary/aromatic N) is 2. The maximum absolute atomic E-state index is 14.0. The summed E-state index contributed by atoms with van der Waals surface area (Å²) in [6.07, 6.45) is 1.53. The van der Waals surface area contributed by atoms with Crippen molar-refractivity contribution in [2.75, 3.05) is 13.7 Å². The van der Waals surface area contributed by atoms with Gasteiger partial charge in [-0.05, 0) is 18.7 Å². The van der Waals surface area contributed by atoms with Crippen LogP contribution < -0.4 is 10.1 Å². The molecule has 0 amide bonds. The van der Waals surface area contributed by atoms with Gasteiger partial charge >= 0.3 is 0 Å². The smallest absolute Gasteiger partial charge is 0.161 e. The summed E-state index contributed by atoms with van der Waals surface area (Å²) in [5, 5.41) is 7.16. The Morgan fingerprint density at radius 1 is 1.35 bits per heavy atom. The lowest BCUT2D eigenvalue weighted by atomic mass is 10.0. The van der Waals surface area contributed by atoms with Gasteiger partial charge in [-0.2, -0.15) is 5.10 Å². The number of halogens is 2. The average Bonchev–Trinajstić information content (AvgIpc) is 2.78. The van der Waals surface area contributed by atoms with Gasteiger partial charge in [0.25, 0.3) is 0 Å². The SMILES string of the molecule is CCNC(c1c(F)cccc1F)c1c(OC)cnn1C. The lowest BCUT2D eigenvalue weighted by Gasteiger charge is -2.21. The maximum atomic E-state index is 14.0. The number of rotatable bonds is 5. The lowest BCUT2D eigenvalue weighted by Crippen LogP contribution is -2.26. The summed E-state index contributed by atoms with van der Waals surface area (Å²) in [6, 6.07) is 3.16. The minimum atomic E-state index is -0.663. The Morgan fingerprint density at radius 3 is 2.55 bits per heavy atom. The quantitative estimate of drug-likeness (QED) is 0.914. The maximum Gasteiger partial charge on any atom is 0.161 e. The van der Waals surface area contributed by atoms with E-state index in [1.807, 2.05) is 6.92 Å². The fraction of sp³-hybridized carbons (Fsp3) is 0.357. The summed E-state index contributed by atoms with van der Waals surface area (Å²) in [4.78, 5) is 0. The largest absolute Gasteiger partial charge is 0.493 e. The molecule has 108 valence electrons. The number of benzene rings is 1. The average molecular weight is 281 g/mol. The van der Waals surface area contributed by atoms with Crippen molar-refractivity contribution in [1.82, 2.24) is 15.1 Å². The Kier molecular flexibility index (Phi) is 4.34. The normalized spacial score (nSPS) is 12.4. The molecule has 1 aromatic carbocycles.